The van der Waals surface area contributed by atoms with E-state index in [-0.39, 0.29) is 5.75 Å². The molecular weight excluding hydrogens is 414 g/mol. The molecule has 1 heterocycles. The maximum Gasteiger partial charge on any atom is 0.211 e. The van der Waals surface area contributed by atoms with Crippen LogP contribution in [0.25, 0.3) is 0 Å². The monoisotopic (exact) mass is 447 g/mol. The van der Waals surface area contributed by atoms with Gasteiger partial charge in [-0.15, -0.1) is 0 Å². The van der Waals surface area contributed by atoms with Crippen molar-refractivity contribution in [3.63, 3.8) is 0 Å². The van der Waals surface area contributed by atoms with Gasteiger partial charge in [-0.05, 0) is 49.2 Å². The number of nitrogens with zero attached hydrogens (tertiary/aromatic N) is 2. The number of ether oxygens (including phenoxy) is 2. The van der Waals surface area contributed by atoms with Crippen LogP contribution in [0.5, 0.6) is 11.5 Å². The van der Waals surface area contributed by atoms with Crippen LogP contribution in [0.1, 0.15) is 12.0 Å². The van der Waals surface area contributed by atoms with Gasteiger partial charge in [0, 0.05) is 32.7 Å². The third-order valence-electron chi connectivity index (χ3n) is 5.59. The number of hydrogen-bond acceptors (Lipinski definition) is 6. The standard InChI is InChI=1S/C23H33N3O4S/c1-29-21-10-8-20(9-11-21)12-19-31(27,28)24-13-5-14-25-15-17-26(18-16-25)22-6-3-4-7-23(22)30-2/h3-4,6-11,24H,5,12-19H2,1-2H3. The molecule has 2 aromatic carbocycles. The van der Waals surface area contributed by atoms with E-state index in [9.17, 15) is 8.42 Å². The van der Waals surface area contributed by atoms with Crippen molar-refractivity contribution in [3.8, 4) is 11.5 Å². The maximum absolute atomic E-state index is 12.3. The second kappa shape index (κ2) is 11.4. The second-order valence-corrected chi connectivity index (χ2v) is 9.59. The number of sulfonamides is 1. The minimum atomic E-state index is -3.27. The van der Waals surface area contributed by atoms with Crippen molar-refractivity contribution in [2.24, 2.45) is 0 Å². The molecule has 0 saturated carbocycles. The smallest absolute Gasteiger partial charge is 0.211 e. The van der Waals surface area contributed by atoms with Crippen LogP contribution in [-0.2, 0) is 16.4 Å². The number of hydrogen-bond donors (Lipinski definition) is 1. The average Bonchev–Trinajstić information content (AvgIpc) is 2.81. The number of anilines is 1. The van der Waals surface area contributed by atoms with Crippen LogP contribution in [0.4, 0.5) is 5.69 Å². The van der Waals surface area contributed by atoms with Crippen molar-refractivity contribution >= 4 is 15.7 Å². The lowest BCUT2D eigenvalue weighted by atomic mass is 10.2. The summed E-state index contributed by atoms with van der Waals surface area (Å²) in [5.41, 5.74) is 2.12. The van der Waals surface area contributed by atoms with E-state index in [4.69, 9.17) is 9.47 Å². The highest BCUT2D eigenvalue weighted by molar-refractivity contribution is 7.89. The molecule has 0 aromatic heterocycles. The molecule has 7 nitrogen and oxygen atoms in total. The van der Waals surface area contributed by atoms with Crippen molar-refractivity contribution in [3.05, 3.63) is 54.1 Å². The molecule has 0 atom stereocenters. The first-order valence-corrected chi connectivity index (χ1v) is 12.4. The van der Waals surface area contributed by atoms with Gasteiger partial charge >= 0.3 is 0 Å². The summed E-state index contributed by atoms with van der Waals surface area (Å²) in [6.07, 6.45) is 1.29. The molecule has 0 unspecified atom stereocenters. The number of piperazine rings is 1. The van der Waals surface area contributed by atoms with Gasteiger partial charge in [-0.3, -0.25) is 4.90 Å². The first-order chi connectivity index (χ1) is 15.0. The van der Waals surface area contributed by atoms with Crippen LogP contribution in [0, 0.1) is 0 Å². The van der Waals surface area contributed by atoms with Crippen LogP contribution < -0.4 is 19.1 Å². The molecule has 1 aliphatic heterocycles. The molecule has 0 spiro atoms. The summed E-state index contributed by atoms with van der Waals surface area (Å²) in [5.74, 6) is 1.77. The Labute approximate surface area is 186 Å². The molecule has 170 valence electrons. The lowest BCUT2D eigenvalue weighted by molar-refractivity contribution is 0.254. The molecular formula is C23H33N3O4S. The molecule has 0 aliphatic carbocycles. The van der Waals surface area contributed by atoms with Crippen molar-refractivity contribution in [2.75, 3.05) is 64.1 Å². The fourth-order valence-corrected chi connectivity index (χ4v) is 4.85. The topological polar surface area (TPSA) is 71.1 Å². The molecule has 8 heteroatoms. The summed E-state index contributed by atoms with van der Waals surface area (Å²) in [4.78, 5) is 4.73. The molecule has 1 aliphatic rings. The Morgan fingerprint density at radius 3 is 2.32 bits per heavy atom. The predicted molar refractivity (Wildman–Crippen MR) is 125 cm³/mol. The average molecular weight is 448 g/mol. The van der Waals surface area contributed by atoms with Crippen LogP contribution in [-0.4, -0.2) is 72.6 Å². The summed E-state index contributed by atoms with van der Waals surface area (Å²) >= 11 is 0. The fourth-order valence-electron chi connectivity index (χ4n) is 3.75. The lowest BCUT2D eigenvalue weighted by Gasteiger charge is -2.36. The lowest BCUT2D eigenvalue weighted by Crippen LogP contribution is -2.47. The van der Waals surface area contributed by atoms with E-state index in [0.717, 1.165) is 61.9 Å². The Hall–Kier alpha value is -2.29. The van der Waals surface area contributed by atoms with Crippen molar-refractivity contribution < 1.29 is 17.9 Å². The van der Waals surface area contributed by atoms with Crippen LogP contribution in [0.15, 0.2) is 48.5 Å². The highest BCUT2D eigenvalue weighted by Gasteiger charge is 2.19. The van der Waals surface area contributed by atoms with Crippen molar-refractivity contribution in [1.29, 1.82) is 0 Å². The molecule has 2 aromatic rings. The Morgan fingerprint density at radius 2 is 1.65 bits per heavy atom. The van der Waals surface area contributed by atoms with E-state index in [1.807, 2.05) is 42.5 Å². The summed E-state index contributed by atoms with van der Waals surface area (Å²) in [7, 11) is 0.0435. The van der Waals surface area contributed by atoms with Crippen LogP contribution in [0.2, 0.25) is 0 Å². The van der Waals surface area contributed by atoms with Crippen LogP contribution >= 0.6 is 0 Å². The first-order valence-electron chi connectivity index (χ1n) is 10.7. The molecule has 1 N–H and O–H groups in total. The normalized spacial score (nSPS) is 15.1. The highest BCUT2D eigenvalue weighted by atomic mass is 32.2. The molecule has 1 fully saturated rings. The van der Waals surface area contributed by atoms with Crippen molar-refractivity contribution in [1.82, 2.24) is 9.62 Å². The second-order valence-electron chi connectivity index (χ2n) is 7.67. The number of nitrogens with one attached hydrogen (secondary N) is 1. The zero-order chi connectivity index (χ0) is 22.1. The fraction of sp³-hybridized carbons (Fsp3) is 0.478. The quantitative estimate of drug-likeness (QED) is 0.534. The van der Waals surface area contributed by atoms with Gasteiger partial charge in [0.2, 0.25) is 10.0 Å². The SMILES string of the molecule is COc1ccc(CCS(=O)(=O)NCCCN2CCN(c3ccccc3OC)CC2)cc1. The highest BCUT2D eigenvalue weighted by Crippen LogP contribution is 2.28. The number of aryl methyl sites for hydroxylation is 1. The molecule has 0 radical (unpaired) electrons. The third-order valence-corrected chi connectivity index (χ3v) is 6.98. The number of benzene rings is 2. The van der Waals surface area contributed by atoms with E-state index < -0.39 is 10.0 Å². The van der Waals surface area contributed by atoms with E-state index in [1.54, 1.807) is 14.2 Å². The Bertz CT molecular complexity index is 911. The van der Waals surface area contributed by atoms with E-state index >= 15 is 0 Å². The van der Waals surface area contributed by atoms with Gasteiger partial charge in [-0.1, -0.05) is 24.3 Å². The van der Waals surface area contributed by atoms with Crippen LogP contribution in [0.3, 0.4) is 0 Å². The van der Waals surface area contributed by atoms with Gasteiger partial charge in [0.15, 0.2) is 0 Å². The predicted octanol–water partition coefficient (Wildman–Crippen LogP) is 2.38. The Balaban J connectivity index is 1.34. The largest absolute Gasteiger partial charge is 0.497 e. The zero-order valence-electron chi connectivity index (χ0n) is 18.4. The molecule has 0 amide bonds. The van der Waals surface area contributed by atoms with Crippen molar-refractivity contribution in [2.45, 2.75) is 12.8 Å². The summed E-state index contributed by atoms with van der Waals surface area (Å²) in [5, 5.41) is 0. The Kier molecular flexibility index (Phi) is 8.57. The molecule has 1 saturated heterocycles. The number of para-hydroxylation sites is 2. The molecule has 3 rings (SSSR count). The van der Waals surface area contributed by atoms with Gasteiger partial charge in [0.25, 0.3) is 0 Å². The summed E-state index contributed by atoms with van der Waals surface area (Å²) < 4.78 is 37.9. The summed E-state index contributed by atoms with van der Waals surface area (Å²) in [6, 6.07) is 15.6. The zero-order valence-corrected chi connectivity index (χ0v) is 19.2. The van der Waals surface area contributed by atoms with Gasteiger partial charge < -0.3 is 14.4 Å². The van der Waals surface area contributed by atoms with Gasteiger partial charge in [-0.25, -0.2) is 13.1 Å². The maximum atomic E-state index is 12.3. The molecule has 0 bridgehead atoms. The number of methoxy groups -OCH3 is 2. The van der Waals surface area contributed by atoms with Gasteiger partial charge in [0.1, 0.15) is 11.5 Å². The van der Waals surface area contributed by atoms with Gasteiger partial charge in [0.05, 0.1) is 25.7 Å². The van der Waals surface area contributed by atoms with E-state index in [0.29, 0.717) is 13.0 Å². The minimum absolute atomic E-state index is 0.0942. The number of rotatable bonds is 11. The van der Waals surface area contributed by atoms with E-state index in [1.165, 1.54) is 0 Å². The summed E-state index contributed by atoms with van der Waals surface area (Å²) in [6.45, 7) is 5.16. The third kappa shape index (κ3) is 7.12. The van der Waals surface area contributed by atoms with Gasteiger partial charge in [-0.2, -0.15) is 0 Å². The minimum Gasteiger partial charge on any atom is -0.497 e. The molecule has 31 heavy (non-hydrogen) atoms. The first kappa shape index (κ1) is 23.4. The van der Waals surface area contributed by atoms with E-state index in [2.05, 4.69) is 20.6 Å². The Morgan fingerprint density at radius 1 is 0.935 bits per heavy atom.